The van der Waals surface area contributed by atoms with Crippen LogP contribution >= 0.6 is 0 Å². The predicted molar refractivity (Wildman–Crippen MR) is 63.8 cm³/mol. The molecule has 78 valence electrons. The van der Waals surface area contributed by atoms with Gasteiger partial charge in [0.15, 0.2) is 0 Å². The van der Waals surface area contributed by atoms with Gasteiger partial charge in [-0.15, -0.1) is 0 Å². The Hall–Kier alpha value is -1.75. The lowest BCUT2D eigenvalue weighted by Crippen LogP contribution is -2.01. The van der Waals surface area contributed by atoms with Crippen molar-refractivity contribution in [3.05, 3.63) is 41.0 Å². The average molecular weight is 200 g/mol. The van der Waals surface area contributed by atoms with Gasteiger partial charge in [-0.05, 0) is 38.5 Å². The second-order valence-electron chi connectivity index (χ2n) is 3.82. The van der Waals surface area contributed by atoms with E-state index in [2.05, 4.69) is 31.3 Å². The summed E-state index contributed by atoms with van der Waals surface area (Å²) >= 11 is 0. The van der Waals surface area contributed by atoms with Gasteiger partial charge in [0, 0.05) is 6.54 Å². The molecule has 15 heavy (non-hydrogen) atoms. The number of nitrogens with one attached hydrogen (secondary N) is 1. The third-order valence-electron chi connectivity index (χ3n) is 2.10. The van der Waals surface area contributed by atoms with E-state index in [1.807, 2.05) is 25.1 Å². The molecule has 0 amide bonds. The van der Waals surface area contributed by atoms with Crippen LogP contribution in [0.2, 0.25) is 0 Å². The average Bonchev–Trinajstić information content (AvgIpc) is 2.17. The van der Waals surface area contributed by atoms with Crippen molar-refractivity contribution >= 4 is 5.69 Å². The molecule has 0 spiro atoms. The normalized spacial score (nSPS) is 9.20. The van der Waals surface area contributed by atoms with Crippen LogP contribution < -0.4 is 5.32 Å². The summed E-state index contributed by atoms with van der Waals surface area (Å²) < 4.78 is 0. The van der Waals surface area contributed by atoms with Gasteiger partial charge in [-0.1, -0.05) is 17.7 Å². The van der Waals surface area contributed by atoms with Crippen LogP contribution in [0.5, 0.6) is 0 Å². The van der Waals surface area contributed by atoms with E-state index in [0.717, 1.165) is 17.8 Å². The first-order valence-corrected chi connectivity index (χ1v) is 5.01. The Morgan fingerprint density at radius 1 is 1.47 bits per heavy atom. The predicted octanol–water partition coefficient (Wildman–Crippen LogP) is 3.24. The van der Waals surface area contributed by atoms with E-state index in [0.29, 0.717) is 5.56 Å². The van der Waals surface area contributed by atoms with Gasteiger partial charge in [0.25, 0.3) is 0 Å². The molecule has 0 bridgehead atoms. The van der Waals surface area contributed by atoms with Gasteiger partial charge in [0.2, 0.25) is 0 Å². The minimum absolute atomic E-state index is 0.697. The zero-order valence-corrected chi connectivity index (χ0v) is 9.46. The molecule has 0 aliphatic rings. The quantitative estimate of drug-likeness (QED) is 0.760. The van der Waals surface area contributed by atoms with Gasteiger partial charge in [0.1, 0.15) is 6.07 Å². The Balaban J connectivity index is 2.80. The molecule has 0 radical (unpaired) electrons. The van der Waals surface area contributed by atoms with E-state index in [-0.39, 0.29) is 0 Å². The van der Waals surface area contributed by atoms with Crippen molar-refractivity contribution in [2.24, 2.45) is 0 Å². The molecule has 1 aromatic rings. The number of hydrogen-bond donors (Lipinski definition) is 1. The van der Waals surface area contributed by atoms with Crippen molar-refractivity contribution in [3.63, 3.8) is 0 Å². The first-order chi connectivity index (χ1) is 7.13. The molecule has 0 saturated heterocycles. The minimum atomic E-state index is 0.697. The molecule has 2 heteroatoms. The van der Waals surface area contributed by atoms with Gasteiger partial charge in [-0.2, -0.15) is 5.26 Å². The summed E-state index contributed by atoms with van der Waals surface area (Å²) in [5.41, 5.74) is 4.04. The van der Waals surface area contributed by atoms with E-state index in [9.17, 15) is 0 Å². The van der Waals surface area contributed by atoms with E-state index < -0.39 is 0 Å². The van der Waals surface area contributed by atoms with E-state index >= 15 is 0 Å². The Morgan fingerprint density at radius 3 is 2.80 bits per heavy atom. The summed E-state index contributed by atoms with van der Waals surface area (Å²) in [4.78, 5) is 0. The lowest BCUT2D eigenvalue weighted by Gasteiger charge is -2.06. The van der Waals surface area contributed by atoms with Crippen molar-refractivity contribution in [1.29, 1.82) is 5.26 Å². The second kappa shape index (κ2) is 5.21. The number of nitrogens with zero attached hydrogens (tertiary/aromatic N) is 1. The third kappa shape index (κ3) is 3.47. The van der Waals surface area contributed by atoms with Crippen molar-refractivity contribution in [3.8, 4) is 6.07 Å². The molecule has 0 unspecified atom stereocenters. The third-order valence-corrected chi connectivity index (χ3v) is 2.10. The molecular weight excluding hydrogens is 184 g/mol. The van der Waals surface area contributed by atoms with Crippen LogP contribution in [-0.4, -0.2) is 6.54 Å². The zero-order valence-electron chi connectivity index (χ0n) is 9.46. The number of hydrogen-bond acceptors (Lipinski definition) is 2. The Morgan fingerprint density at radius 2 is 2.20 bits per heavy atom. The van der Waals surface area contributed by atoms with Crippen molar-refractivity contribution in [2.45, 2.75) is 20.8 Å². The van der Waals surface area contributed by atoms with Crippen LogP contribution in [0.1, 0.15) is 25.0 Å². The molecule has 1 N–H and O–H groups in total. The van der Waals surface area contributed by atoms with Crippen LogP contribution in [0.25, 0.3) is 0 Å². The fraction of sp³-hybridized carbons (Fsp3) is 0.308. The maximum atomic E-state index is 8.91. The molecule has 0 fully saturated rings. The lowest BCUT2D eigenvalue weighted by atomic mass is 10.1. The van der Waals surface area contributed by atoms with E-state index in [1.165, 1.54) is 5.57 Å². The summed E-state index contributed by atoms with van der Waals surface area (Å²) in [5.74, 6) is 0. The Labute approximate surface area is 91.2 Å². The topological polar surface area (TPSA) is 35.8 Å². The summed E-state index contributed by atoms with van der Waals surface area (Å²) in [5, 5.41) is 12.1. The number of nitriles is 1. The highest BCUT2D eigenvalue weighted by molar-refractivity contribution is 5.59. The highest BCUT2D eigenvalue weighted by Crippen LogP contribution is 2.16. The van der Waals surface area contributed by atoms with Crippen LogP contribution in [0.15, 0.2) is 29.8 Å². The molecule has 2 nitrogen and oxygen atoms in total. The van der Waals surface area contributed by atoms with Gasteiger partial charge >= 0.3 is 0 Å². The van der Waals surface area contributed by atoms with E-state index in [4.69, 9.17) is 5.26 Å². The fourth-order valence-corrected chi connectivity index (χ4v) is 1.27. The van der Waals surface area contributed by atoms with Gasteiger partial charge < -0.3 is 5.32 Å². The van der Waals surface area contributed by atoms with Crippen LogP contribution in [0.4, 0.5) is 5.69 Å². The van der Waals surface area contributed by atoms with Crippen molar-refractivity contribution < 1.29 is 0 Å². The lowest BCUT2D eigenvalue weighted by molar-refractivity contribution is 1.25. The molecular formula is C13H16N2. The maximum Gasteiger partial charge on any atom is 0.101 e. The van der Waals surface area contributed by atoms with E-state index in [1.54, 1.807) is 0 Å². The van der Waals surface area contributed by atoms with Crippen LogP contribution in [-0.2, 0) is 0 Å². The maximum absolute atomic E-state index is 8.91. The monoisotopic (exact) mass is 200 g/mol. The summed E-state index contributed by atoms with van der Waals surface area (Å²) in [7, 11) is 0. The number of allylic oxidation sites excluding steroid dienone is 1. The summed E-state index contributed by atoms with van der Waals surface area (Å²) in [6.07, 6.45) is 2.10. The largest absolute Gasteiger partial charge is 0.380 e. The zero-order chi connectivity index (χ0) is 11.3. The second-order valence-corrected chi connectivity index (χ2v) is 3.82. The number of aryl methyl sites for hydroxylation is 1. The molecule has 0 atom stereocenters. The smallest absolute Gasteiger partial charge is 0.101 e. The van der Waals surface area contributed by atoms with Gasteiger partial charge in [-0.3, -0.25) is 0 Å². The first-order valence-electron chi connectivity index (χ1n) is 5.01. The molecule has 0 aromatic heterocycles. The SMILES string of the molecule is CC(C)=CCNc1cc(C)ccc1C#N. The molecule has 1 aromatic carbocycles. The fourth-order valence-electron chi connectivity index (χ4n) is 1.27. The molecule has 0 heterocycles. The molecule has 0 aliphatic carbocycles. The summed E-state index contributed by atoms with van der Waals surface area (Å²) in [6.45, 7) is 6.90. The Bertz CT molecular complexity index is 407. The van der Waals surface area contributed by atoms with Crippen LogP contribution in [0, 0.1) is 18.3 Å². The number of anilines is 1. The van der Waals surface area contributed by atoms with Crippen molar-refractivity contribution in [1.82, 2.24) is 0 Å². The molecule has 0 aliphatic heterocycles. The highest BCUT2D eigenvalue weighted by atomic mass is 14.9. The Kier molecular flexibility index (Phi) is 3.93. The minimum Gasteiger partial charge on any atom is -0.380 e. The van der Waals surface area contributed by atoms with Crippen molar-refractivity contribution in [2.75, 3.05) is 11.9 Å². The van der Waals surface area contributed by atoms with Crippen LogP contribution in [0.3, 0.4) is 0 Å². The standard InChI is InChI=1S/C13H16N2/c1-10(2)6-7-15-13-8-11(3)4-5-12(13)9-14/h4-6,8,15H,7H2,1-3H3. The molecule has 0 saturated carbocycles. The van der Waals surface area contributed by atoms with Gasteiger partial charge in [0.05, 0.1) is 11.3 Å². The molecule has 1 rings (SSSR count). The summed E-state index contributed by atoms with van der Waals surface area (Å²) in [6, 6.07) is 7.97. The van der Waals surface area contributed by atoms with Gasteiger partial charge in [-0.25, -0.2) is 0 Å². The highest BCUT2D eigenvalue weighted by Gasteiger charge is 1.99. The number of rotatable bonds is 3. The number of benzene rings is 1. The first kappa shape index (κ1) is 11.3.